The summed E-state index contributed by atoms with van der Waals surface area (Å²) in [6.07, 6.45) is -0.457. The monoisotopic (exact) mass is 321 g/mol. The third kappa shape index (κ3) is 3.41. The van der Waals surface area contributed by atoms with Crippen molar-refractivity contribution in [1.29, 1.82) is 0 Å². The Kier molecular flexibility index (Phi) is 4.28. The number of benzene rings is 1. The first kappa shape index (κ1) is 17.1. The van der Waals surface area contributed by atoms with E-state index in [0.29, 0.717) is 11.1 Å². The van der Waals surface area contributed by atoms with E-state index in [9.17, 15) is 19.8 Å². The highest BCUT2D eigenvalue weighted by atomic mass is 16.6. The van der Waals surface area contributed by atoms with E-state index in [1.165, 1.54) is 4.90 Å². The van der Waals surface area contributed by atoms with Gasteiger partial charge in [0.25, 0.3) is 0 Å². The molecular formula is C17H23NO5. The number of carbonyl (C=O) groups excluding carboxylic acids is 1. The number of fused-ring (bicyclic) bond motifs is 1. The number of amides is 1. The highest BCUT2D eigenvalue weighted by molar-refractivity contribution is 5.81. The molecule has 0 aromatic heterocycles. The molecule has 2 rings (SSSR count). The molecule has 0 spiro atoms. The zero-order chi connectivity index (χ0) is 17.5. The summed E-state index contributed by atoms with van der Waals surface area (Å²) >= 11 is 0. The maximum atomic E-state index is 12.4. The molecule has 1 heterocycles. The van der Waals surface area contributed by atoms with Gasteiger partial charge in [0.15, 0.2) is 0 Å². The first-order valence-corrected chi connectivity index (χ1v) is 7.54. The molecule has 1 unspecified atom stereocenters. The topological polar surface area (TPSA) is 87.1 Å². The van der Waals surface area contributed by atoms with Crippen LogP contribution in [0.4, 0.5) is 4.79 Å². The maximum Gasteiger partial charge on any atom is 0.411 e. The predicted octanol–water partition coefficient (Wildman–Crippen LogP) is 2.76. The molecule has 6 heteroatoms. The van der Waals surface area contributed by atoms with Gasteiger partial charge in [-0.25, -0.2) is 9.59 Å². The number of carboxylic acid groups (broad SMARTS) is 1. The Morgan fingerprint density at radius 3 is 2.43 bits per heavy atom. The van der Waals surface area contributed by atoms with E-state index in [4.69, 9.17) is 4.74 Å². The van der Waals surface area contributed by atoms with Crippen LogP contribution in [0.1, 0.15) is 43.0 Å². The Morgan fingerprint density at radius 2 is 1.91 bits per heavy atom. The van der Waals surface area contributed by atoms with E-state index in [2.05, 4.69) is 0 Å². The standard InChI is InChI=1S/C17H23NO5/c1-9-6-11-7-13(15(20)21)18(16(22)23-17(3,4)5)8-12(11)10(2)14(9)19/h6,13,19H,7-8H2,1-5H3,(H,20,21). The highest BCUT2D eigenvalue weighted by Crippen LogP contribution is 2.34. The lowest BCUT2D eigenvalue weighted by molar-refractivity contribution is -0.143. The first-order chi connectivity index (χ1) is 10.5. The van der Waals surface area contributed by atoms with Gasteiger partial charge in [0, 0.05) is 6.42 Å². The third-order valence-corrected chi connectivity index (χ3v) is 3.99. The van der Waals surface area contributed by atoms with Gasteiger partial charge in [0.05, 0.1) is 6.54 Å². The Labute approximate surface area is 135 Å². The Balaban J connectivity index is 2.43. The van der Waals surface area contributed by atoms with Crippen LogP contribution in [0.2, 0.25) is 0 Å². The summed E-state index contributed by atoms with van der Waals surface area (Å²) in [7, 11) is 0. The number of carboxylic acids is 1. The molecule has 1 aliphatic rings. The van der Waals surface area contributed by atoms with E-state index in [1.54, 1.807) is 40.7 Å². The van der Waals surface area contributed by atoms with Gasteiger partial charge >= 0.3 is 12.1 Å². The molecule has 1 aromatic carbocycles. The molecule has 6 nitrogen and oxygen atoms in total. The summed E-state index contributed by atoms with van der Waals surface area (Å²) in [5.74, 6) is -0.883. The zero-order valence-electron chi connectivity index (χ0n) is 14.1. The van der Waals surface area contributed by atoms with Crippen LogP contribution in [0.15, 0.2) is 6.07 Å². The summed E-state index contributed by atoms with van der Waals surface area (Å²) < 4.78 is 5.33. The fraction of sp³-hybridized carbons (Fsp3) is 0.529. The van der Waals surface area contributed by atoms with E-state index >= 15 is 0 Å². The lowest BCUT2D eigenvalue weighted by Gasteiger charge is -2.36. The van der Waals surface area contributed by atoms with Crippen molar-refractivity contribution in [2.45, 2.75) is 59.2 Å². The number of aliphatic carboxylic acids is 1. The normalized spacial score (nSPS) is 17.6. The second kappa shape index (κ2) is 5.76. The minimum absolute atomic E-state index is 0.112. The Morgan fingerprint density at radius 1 is 1.30 bits per heavy atom. The minimum atomic E-state index is -1.06. The number of aromatic hydroxyl groups is 1. The third-order valence-electron chi connectivity index (χ3n) is 3.99. The average Bonchev–Trinajstić information content (AvgIpc) is 2.41. The van der Waals surface area contributed by atoms with E-state index < -0.39 is 23.7 Å². The Hall–Kier alpha value is -2.24. The molecule has 0 radical (unpaired) electrons. The summed E-state index contributed by atoms with van der Waals surface area (Å²) in [6.45, 7) is 8.87. The number of hydrogen-bond donors (Lipinski definition) is 2. The summed E-state index contributed by atoms with van der Waals surface area (Å²) in [5, 5.41) is 19.6. The molecular weight excluding hydrogens is 298 g/mol. The van der Waals surface area contributed by atoms with Crippen LogP contribution in [0.3, 0.4) is 0 Å². The van der Waals surface area contributed by atoms with Crippen molar-refractivity contribution in [2.24, 2.45) is 0 Å². The van der Waals surface area contributed by atoms with Crippen molar-refractivity contribution in [2.75, 3.05) is 0 Å². The fourth-order valence-corrected chi connectivity index (χ4v) is 2.83. The van der Waals surface area contributed by atoms with E-state index in [1.807, 2.05) is 0 Å². The molecule has 0 aliphatic carbocycles. The van der Waals surface area contributed by atoms with Crippen molar-refractivity contribution in [3.63, 3.8) is 0 Å². The smallest absolute Gasteiger partial charge is 0.411 e. The number of aryl methyl sites for hydroxylation is 1. The molecule has 0 fully saturated rings. The molecule has 1 amide bonds. The molecule has 0 bridgehead atoms. The molecule has 0 saturated heterocycles. The van der Waals surface area contributed by atoms with Crippen molar-refractivity contribution < 1.29 is 24.5 Å². The number of rotatable bonds is 1. The number of ether oxygens (including phenoxy) is 1. The molecule has 1 aliphatic heterocycles. The number of nitrogens with zero attached hydrogens (tertiary/aromatic N) is 1. The van der Waals surface area contributed by atoms with Gasteiger partial charge in [-0.3, -0.25) is 4.90 Å². The van der Waals surface area contributed by atoms with Crippen molar-refractivity contribution in [1.82, 2.24) is 4.90 Å². The molecule has 2 N–H and O–H groups in total. The second-order valence-corrected chi connectivity index (χ2v) is 6.97. The molecule has 126 valence electrons. The summed E-state index contributed by atoms with van der Waals surface area (Å²) in [5.41, 5.74) is 2.32. The lowest BCUT2D eigenvalue weighted by Crippen LogP contribution is -2.50. The summed E-state index contributed by atoms with van der Waals surface area (Å²) in [4.78, 5) is 25.2. The SMILES string of the molecule is Cc1cc2c(c(C)c1O)CN(C(=O)OC(C)(C)C)C(C(=O)O)C2. The molecule has 1 aromatic rings. The van der Waals surface area contributed by atoms with Crippen LogP contribution < -0.4 is 0 Å². The number of phenols is 1. The van der Waals surface area contributed by atoms with Gasteiger partial charge in [-0.05, 0) is 56.9 Å². The second-order valence-electron chi connectivity index (χ2n) is 6.97. The quantitative estimate of drug-likeness (QED) is 0.830. The minimum Gasteiger partial charge on any atom is -0.507 e. The van der Waals surface area contributed by atoms with Gasteiger partial charge in [-0.15, -0.1) is 0 Å². The van der Waals surface area contributed by atoms with Crippen LogP contribution in [0.5, 0.6) is 5.75 Å². The van der Waals surface area contributed by atoms with Crippen LogP contribution in [-0.2, 0) is 22.5 Å². The van der Waals surface area contributed by atoms with Crippen LogP contribution >= 0.6 is 0 Å². The molecule has 23 heavy (non-hydrogen) atoms. The predicted molar refractivity (Wildman–Crippen MR) is 84.5 cm³/mol. The molecule has 0 saturated carbocycles. The summed E-state index contributed by atoms with van der Waals surface area (Å²) in [6, 6.07) is 0.820. The van der Waals surface area contributed by atoms with Crippen molar-refractivity contribution in [3.05, 3.63) is 28.3 Å². The van der Waals surface area contributed by atoms with Gasteiger partial charge in [-0.1, -0.05) is 6.07 Å². The largest absolute Gasteiger partial charge is 0.507 e. The lowest BCUT2D eigenvalue weighted by atomic mass is 9.89. The fourth-order valence-electron chi connectivity index (χ4n) is 2.83. The van der Waals surface area contributed by atoms with Crippen molar-refractivity contribution in [3.8, 4) is 5.75 Å². The van der Waals surface area contributed by atoms with Gasteiger partial charge < -0.3 is 14.9 Å². The van der Waals surface area contributed by atoms with Crippen LogP contribution in [0, 0.1) is 13.8 Å². The van der Waals surface area contributed by atoms with Gasteiger partial charge in [0.1, 0.15) is 17.4 Å². The van der Waals surface area contributed by atoms with Gasteiger partial charge in [-0.2, -0.15) is 0 Å². The number of hydrogen-bond acceptors (Lipinski definition) is 4. The highest BCUT2D eigenvalue weighted by Gasteiger charge is 2.38. The van der Waals surface area contributed by atoms with Crippen LogP contribution in [0.25, 0.3) is 0 Å². The first-order valence-electron chi connectivity index (χ1n) is 7.54. The van der Waals surface area contributed by atoms with Crippen molar-refractivity contribution >= 4 is 12.1 Å². The zero-order valence-corrected chi connectivity index (χ0v) is 14.1. The number of carbonyl (C=O) groups is 2. The Bertz CT molecular complexity index is 660. The van der Waals surface area contributed by atoms with E-state index in [0.717, 1.165) is 11.1 Å². The molecule has 1 atom stereocenters. The number of phenolic OH excluding ortho intramolecular Hbond substituents is 1. The average molecular weight is 321 g/mol. The van der Waals surface area contributed by atoms with Crippen LogP contribution in [-0.4, -0.2) is 38.8 Å². The van der Waals surface area contributed by atoms with E-state index in [-0.39, 0.29) is 18.7 Å². The van der Waals surface area contributed by atoms with Gasteiger partial charge in [0.2, 0.25) is 0 Å². The maximum absolute atomic E-state index is 12.4.